The van der Waals surface area contributed by atoms with E-state index >= 15 is 0 Å². The largest absolute Gasteiger partial charge is 0.497 e. The van der Waals surface area contributed by atoms with Crippen molar-refractivity contribution in [1.29, 1.82) is 0 Å². The molecule has 2 aromatic heterocycles. The summed E-state index contributed by atoms with van der Waals surface area (Å²) >= 11 is 6.80. The van der Waals surface area contributed by atoms with Crippen molar-refractivity contribution in [2.75, 3.05) is 18.6 Å². The molecule has 4 heterocycles. The highest BCUT2D eigenvalue weighted by atomic mass is 32.2. The van der Waals surface area contributed by atoms with Crippen molar-refractivity contribution < 1.29 is 9.53 Å². The maximum atomic E-state index is 13.9. The van der Waals surface area contributed by atoms with E-state index in [9.17, 15) is 9.59 Å². The van der Waals surface area contributed by atoms with Gasteiger partial charge < -0.3 is 9.64 Å². The van der Waals surface area contributed by atoms with Crippen LogP contribution in [0.3, 0.4) is 0 Å². The highest BCUT2D eigenvalue weighted by molar-refractivity contribution is 8.26. The van der Waals surface area contributed by atoms with E-state index in [1.165, 1.54) is 17.3 Å². The molecule has 0 atom stereocenters. The molecule has 0 aliphatic carbocycles. The summed E-state index contributed by atoms with van der Waals surface area (Å²) in [4.78, 5) is 36.5. The Hall–Kier alpha value is -3.95. The number of carbonyl (C=O) groups is 1. The van der Waals surface area contributed by atoms with Crippen LogP contribution in [-0.2, 0) is 17.8 Å². The fourth-order valence-corrected chi connectivity index (χ4v) is 6.25. The molecule has 2 aliphatic rings. The zero-order valence-corrected chi connectivity index (χ0v) is 23.2. The summed E-state index contributed by atoms with van der Waals surface area (Å²) in [5, 5.41) is 0. The molecule has 1 amide bonds. The highest BCUT2D eigenvalue weighted by Gasteiger charge is 2.33. The van der Waals surface area contributed by atoms with Crippen LogP contribution in [0.15, 0.2) is 76.6 Å². The molecule has 0 N–H and O–H groups in total. The van der Waals surface area contributed by atoms with Gasteiger partial charge in [0.25, 0.3) is 11.5 Å². The van der Waals surface area contributed by atoms with Crippen LogP contribution in [-0.4, -0.2) is 38.2 Å². The van der Waals surface area contributed by atoms with Gasteiger partial charge in [-0.2, -0.15) is 0 Å². The van der Waals surface area contributed by atoms with Crippen LogP contribution in [0.25, 0.3) is 11.7 Å². The molecule has 0 spiro atoms. The van der Waals surface area contributed by atoms with E-state index in [0.717, 1.165) is 42.0 Å². The van der Waals surface area contributed by atoms with Crippen molar-refractivity contribution in [2.24, 2.45) is 0 Å². The van der Waals surface area contributed by atoms with Crippen LogP contribution >= 0.6 is 24.0 Å². The van der Waals surface area contributed by atoms with Crippen LogP contribution in [0.1, 0.15) is 28.7 Å². The molecule has 0 saturated carbocycles. The monoisotopic (exact) mass is 554 g/mol. The first-order chi connectivity index (χ1) is 18.9. The predicted octanol–water partition coefficient (Wildman–Crippen LogP) is 5.50. The third-order valence-electron chi connectivity index (χ3n) is 7.00. The van der Waals surface area contributed by atoms with Gasteiger partial charge in [-0.05, 0) is 66.8 Å². The Bertz CT molecular complexity index is 1710. The number of hydrogen-bond donors (Lipinski definition) is 0. The minimum Gasteiger partial charge on any atom is -0.497 e. The maximum Gasteiger partial charge on any atom is 0.267 e. The Balaban J connectivity index is 1.44. The number of fused-ring (bicyclic) bond motifs is 2. The smallest absolute Gasteiger partial charge is 0.267 e. The van der Waals surface area contributed by atoms with Crippen molar-refractivity contribution in [3.8, 4) is 5.75 Å². The van der Waals surface area contributed by atoms with E-state index in [0.29, 0.717) is 32.8 Å². The maximum absolute atomic E-state index is 13.9. The van der Waals surface area contributed by atoms with Crippen molar-refractivity contribution in [3.05, 3.63) is 104 Å². The SMILES string of the molecule is COc1ccc(CN2C(=O)C(=Cc3c(N4CCCc5ccccc54)nc4ccc(C)cn4c3=O)SC2=S)cc1. The second-order valence-electron chi connectivity index (χ2n) is 9.59. The zero-order valence-electron chi connectivity index (χ0n) is 21.6. The Morgan fingerprint density at radius 3 is 2.67 bits per heavy atom. The third kappa shape index (κ3) is 4.72. The Morgan fingerprint density at radius 2 is 1.87 bits per heavy atom. The minimum absolute atomic E-state index is 0.220. The van der Waals surface area contributed by atoms with Gasteiger partial charge in [0.05, 0.1) is 24.1 Å². The molecule has 7 nitrogen and oxygen atoms in total. The first-order valence-electron chi connectivity index (χ1n) is 12.7. The molecule has 39 heavy (non-hydrogen) atoms. The second-order valence-corrected chi connectivity index (χ2v) is 11.3. The number of carbonyl (C=O) groups excluding carboxylic acids is 1. The van der Waals surface area contributed by atoms with E-state index in [1.54, 1.807) is 28.7 Å². The lowest BCUT2D eigenvalue weighted by Crippen LogP contribution is -2.30. The van der Waals surface area contributed by atoms with Gasteiger partial charge in [0, 0.05) is 18.4 Å². The van der Waals surface area contributed by atoms with Crippen LogP contribution in [0.5, 0.6) is 5.75 Å². The second kappa shape index (κ2) is 10.3. The number of benzene rings is 2. The average Bonchev–Trinajstić information content (AvgIpc) is 3.22. The van der Waals surface area contributed by atoms with E-state index in [-0.39, 0.29) is 11.5 Å². The molecular formula is C30H26N4O3S2. The summed E-state index contributed by atoms with van der Waals surface area (Å²) < 4.78 is 7.25. The molecule has 2 aliphatic heterocycles. The van der Waals surface area contributed by atoms with Gasteiger partial charge in [-0.3, -0.25) is 18.9 Å². The molecule has 6 rings (SSSR count). The molecule has 1 saturated heterocycles. The van der Waals surface area contributed by atoms with Crippen LogP contribution in [0.4, 0.5) is 11.5 Å². The summed E-state index contributed by atoms with van der Waals surface area (Å²) in [6, 6.07) is 19.5. The topological polar surface area (TPSA) is 67.2 Å². The quantitative estimate of drug-likeness (QED) is 0.239. The first kappa shape index (κ1) is 25.3. The molecule has 1 fully saturated rings. The van der Waals surface area contributed by atoms with Crippen molar-refractivity contribution >= 4 is 57.4 Å². The van der Waals surface area contributed by atoms with E-state index < -0.39 is 0 Å². The molecular weight excluding hydrogens is 528 g/mol. The first-order valence-corrected chi connectivity index (χ1v) is 13.9. The molecule has 196 valence electrons. The summed E-state index contributed by atoms with van der Waals surface area (Å²) in [7, 11) is 1.62. The Labute approximate surface area is 235 Å². The molecule has 4 aromatic rings. The normalized spacial score (nSPS) is 16.3. The number of methoxy groups -OCH3 is 1. The van der Waals surface area contributed by atoms with Gasteiger partial charge in [0.2, 0.25) is 0 Å². The summed E-state index contributed by atoms with van der Waals surface area (Å²) in [5.41, 5.74) is 4.84. The van der Waals surface area contributed by atoms with Crippen molar-refractivity contribution in [1.82, 2.24) is 14.3 Å². The summed E-state index contributed by atoms with van der Waals surface area (Å²) in [5.74, 6) is 1.08. The fraction of sp³-hybridized carbons (Fsp3) is 0.200. The molecule has 0 bridgehead atoms. The number of aryl methyl sites for hydroxylation is 2. The minimum atomic E-state index is -0.223. The van der Waals surface area contributed by atoms with Crippen molar-refractivity contribution in [3.63, 3.8) is 0 Å². The van der Waals surface area contributed by atoms with Gasteiger partial charge in [0.15, 0.2) is 0 Å². The lowest BCUT2D eigenvalue weighted by Gasteiger charge is -2.31. The van der Waals surface area contributed by atoms with Gasteiger partial charge >= 0.3 is 0 Å². The van der Waals surface area contributed by atoms with E-state index in [4.69, 9.17) is 21.9 Å². The zero-order chi connectivity index (χ0) is 27.1. The number of hydrogen-bond acceptors (Lipinski definition) is 7. The number of aromatic nitrogens is 2. The third-order valence-corrected chi connectivity index (χ3v) is 8.38. The lowest BCUT2D eigenvalue weighted by molar-refractivity contribution is -0.122. The number of thiocarbonyl (C=S) groups is 1. The van der Waals surface area contributed by atoms with E-state index in [1.807, 2.05) is 55.5 Å². The highest BCUT2D eigenvalue weighted by Crippen LogP contribution is 2.37. The van der Waals surface area contributed by atoms with Gasteiger partial charge in [-0.15, -0.1) is 0 Å². The molecule has 2 aromatic carbocycles. The Kier molecular flexibility index (Phi) is 6.70. The number of amides is 1. The number of pyridine rings is 1. The number of nitrogens with zero attached hydrogens (tertiary/aromatic N) is 4. The molecule has 0 unspecified atom stereocenters. The lowest BCUT2D eigenvalue weighted by atomic mass is 10.0. The van der Waals surface area contributed by atoms with Gasteiger partial charge in [-0.25, -0.2) is 4.98 Å². The standard InChI is InChI=1S/C30H26N4O3S2/c1-19-9-14-26-31-27(32-15-5-7-21-6-3-4-8-24(21)32)23(28(35)33(26)17-19)16-25-29(36)34(30(38)39-25)18-20-10-12-22(37-2)13-11-20/h3-4,6,8-14,16-17H,5,7,15,18H2,1-2H3. The molecule has 0 radical (unpaired) electrons. The van der Waals surface area contributed by atoms with Crippen LogP contribution < -0.4 is 15.2 Å². The number of ether oxygens (including phenoxy) is 1. The average molecular weight is 555 g/mol. The van der Waals surface area contributed by atoms with Gasteiger partial charge in [-0.1, -0.05) is 60.4 Å². The number of para-hydroxylation sites is 1. The number of rotatable bonds is 5. The van der Waals surface area contributed by atoms with E-state index in [2.05, 4.69) is 17.0 Å². The van der Waals surface area contributed by atoms with Crippen LogP contribution in [0, 0.1) is 6.92 Å². The Morgan fingerprint density at radius 1 is 1.08 bits per heavy atom. The predicted molar refractivity (Wildman–Crippen MR) is 160 cm³/mol. The van der Waals surface area contributed by atoms with Crippen molar-refractivity contribution in [2.45, 2.75) is 26.3 Å². The number of anilines is 2. The summed E-state index contributed by atoms with van der Waals surface area (Å²) in [6.45, 7) is 3.00. The fourth-order valence-electron chi connectivity index (χ4n) is 5.01. The number of thioether (sulfide) groups is 1. The van der Waals surface area contributed by atoms with Gasteiger partial charge in [0.1, 0.15) is 21.5 Å². The summed E-state index contributed by atoms with van der Waals surface area (Å²) in [6.07, 6.45) is 5.36. The molecule has 9 heteroatoms. The van der Waals surface area contributed by atoms with Crippen LogP contribution in [0.2, 0.25) is 0 Å².